The SMILES string of the molecule is CCCNC(=O)CCNC(=O)COC1CCNCC1. The second-order valence-corrected chi connectivity index (χ2v) is 4.71. The Bertz CT molecular complexity index is 278. The summed E-state index contributed by atoms with van der Waals surface area (Å²) in [7, 11) is 0. The van der Waals surface area contributed by atoms with Gasteiger partial charge in [-0.15, -0.1) is 0 Å². The number of carbonyl (C=O) groups excluding carboxylic acids is 2. The minimum atomic E-state index is -0.151. The molecule has 1 heterocycles. The molecular weight excluding hydrogens is 246 g/mol. The minimum Gasteiger partial charge on any atom is -0.368 e. The van der Waals surface area contributed by atoms with Gasteiger partial charge in [0.2, 0.25) is 11.8 Å². The van der Waals surface area contributed by atoms with Crippen molar-refractivity contribution in [1.82, 2.24) is 16.0 Å². The maximum Gasteiger partial charge on any atom is 0.246 e. The van der Waals surface area contributed by atoms with Crippen LogP contribution in [0.15, 0.2) is 0 Å². The van der Waals surface area contributed by atoms with E-state index < -0.39 is 0 Å². The zero-order valence-corrected chi connectivity index (χ0v) is 11.7. The van der Waals surface area contributed by atoms with Gasteiger partial charge in [-0.25, -0.2) is 0 Å². The smallest absolute Gasteiger partial charge is 0.246 e. The molecule has 0 aromatic heterocycles. The summed E-state index contributed by atoms with van der Waals surface area (Å²) in [5.41, 5.74) is 0. The number of ether oxygens (including phenoxy) is 1. The van der Waals surface area contributed by atoms with E-state index in [4.69, 9.17) is 4.74 Å². The van der Waals surface area contributed by atoms with Crippen LogP contribution in [0.4, 0.5) is 0 Å². The summed E-state index contributed by atoms with van der Waals surface area (Å²) < 4.78 is 5.51. The standard InChI is InChI=1S/C13H25N3O3/c1-2-6-15-12(17)5-9-16-13(18)10-19-11-3-7-14-8-4-11/h11,14H,2-10H2,1H3,(H,15,17)(H,16,18). The van der Waals surface area contributed by atoms with Gasteiger partial charge in [0.25, 0.3) is 0 Å². The van der Waals surface area contributed by atoms with Crippen molar-refractivity contribution in [2.45, 2.75) is 38.7 Å². The predicted octanol–water partition coefficient (Wildman–Crippen LogP) is -0.212. The highest BCUT2D eigenvalue weighted by Crippen LogP contribution is 2.06. The number of nitrogens with one attached hydrogen (secondary N) is 3. The summed E-state index contributed by atoms with van der Waals surface area (Å²) >= 11 is 0. The summed E-state index contributed by atoms with van der Waals surface area (Å²) in [6.45, 7) is 5.03. The molecule has 6 heteroatoms. The molecule has 0 unspecified atom stereocenters. The second kappa shape index (κ2) is 9.75. The topological polar surface area (TPSA) is 79.5 Å². The van der Waals surface area contributed by atoms with Crippen molar-refractivity contribution in [3.8, 4) is 0 Å². The molecule has 1 aliphatic heterocycles. The number of piperidine rings is 1. The first kappa shape index (κ1) is 15.9. The molecule has 0 atom stereocenters. The third-order valence-corrected chi connectivity index (χ3v) is 2.98. The Balaban J connectivity index is 1.99. The van der Waals surface area contributed by atoms with E-state index in [1.54, 1.807) is 0 Å². The fourth-order valence-corrected chi connectivity index (χ4v) is 1.87. The normalized spacial score (nSPS) is 16.1. The molecular formula is C13H25N3O3. The van der Waals surface area contributed by atoms with Gasteiger partial charge in [-0.05, 0) is 32.4 Å². The van der Waals surface area contributed by atoms with Gasteiger partial charge in [0.1, 0.15) is 6.61 Å². The van der Waals surface area contributed by atoms with E-state index in [1.165, 1.54) is 0 Å². The Morgan fingerprint density at radius 3 is 2.53 bits per heavy atom. The van der Waals surface area contributed by atoms with Crippen LogP contribution in [0.3, 0.4) is 0 Å². The summed E-state index contributed by atoms with van der Waals surface area (Å²) in [6.07, 6.45) is 3.32. The molecule has 110 valence electrons. The average molecular weight is 271 g/mol. The van der Waals surface area contributed by atoms with Crippen molar-refractivity contribution >= 4 is 11.8 Å². The molecule has 0 radical (unpaired) electrons. The third kappa shape index (κ3) is 7.79. The van der Waals surface area contributed by atoms with E-state index in [2.05, 4.69) is 16.0 Å². The zero-order valence-electron chi connectivity index (χ0n) is 11.7. The van der Waals surface area contributed by atoms with Gasteiger partial charge in [-0.1, -0.05) is 6.92 Å². The summed E-state index contributed by atoms with van der Waals surface area (Å²) in [4.78, 5) is 22.8. The highest BCUT2D eigenvalue weighted by molar-refractivity contribution is 5.79. The molecule has 0 spiro atoms. The molecule has 0 aromatic carbocycles. The van der Waals surface area contributed by atoms with Crippen LogP contribution in [-0.2, 0) is 14.3 Å². The van der Waals surface area contributed by atoms with Crippen LogP contribution in [0.25, 0.3) is 0 Å². The summed E-state index contributed by atoms with van der Waals surface area (Å²) in [5.74, 6) is -0.178. The van der Waals surface area contributed by atoms with Crippen molar-refractivity contribution < 1.29 is 14.3 Å². The first-order chi connectivity index (χ1) is 9.22. The highest BCUT2D eigenvalue weighted by atomic mass is 16.5. The van der Waals surface area contributed by atoms with Crippen LogP contribution in [0.2, 0.25) is 0 Å². The third-order valence-electron chi connectivity index (χ3n) is 2.98. The van der Waals surface area contributed by atoms with Crippen LogP contribution < -0.4 is 16.0 Å². The van der Waals surface area contributed by atoms with E-state index >= 15 is 0 Å². The minimum absolute atomic E-state index is 0.0265. The lowest BCUT2D eigenvalue weighted by Crippen LogP contribution is -2.36. The van der Waals surface area contributed by atoms with Crippen LogP contribution in [-0.4, -0.2) is 50.7 Å². The number of carbonyl (C=O) groups is 2. The average Bonchev–Trinajstić information content (AvgIpc) is 2.44. The van der Waals surface area contributed by atoms with Crippen LogP contribution in [0.1, 0.15) is 32.6 Å². The molecule has 1 fully saturated rings. The lowest BCUT2D eigenvalue weighted by molar-refractivity contribution is -0.128. The molecule has 0 aromatic rings. The van der Waals surface area contributed by atoms with Gasteiger partial charge in [0, 0.05) is 19.5 Å². The molecule has 0 bridgehead atoms. The Labute approximate surface area is 114 Å². The molecule has 1 saturated heterocycles. The van der Waals surface area contributed by atoms with Crippen molar-refractivity contribution in [2.24, 2.45) is 0 Å². The Morgan fingerprint density at radius 2 is 1.84 bits per heavy atom. The molecule has 6 nitrogen and oxygen atoms in total. The van der Waals surface area contributed by atoms with Gasteiger partial charge in [-0.3, -0.25) is 9.59 Å². The number of hydrogen-bond donors (Lipinski definition) is 3. The fraction of sp³-hybridized carbons (Fsp3) is 0.846. The number of rotatable bonds is 8. The summed E-state index contributed by atoms with van der Waals surface area (Å²) in [5, 5.41) is 8.69. The first-order valence-corrected chi connectivity index (χ1v) is 7.08. The number of hydrogen-bond acceptors (Lipinski definition) is 4. The molecule has 2 amide bonds. The Morgan fingerprint density at radius 1 is 1.16 bits per heavy atom. The molecule has 3 N–H and O–H groups in total. The van der Waals surface area contributed by atoms with E-state index in [0.717, 1.165) is 32.4 Å². The monoisotopic (exact) mass is 271 g/mol. The van der Waals surface area contributed by atoms with Crippen LogP contribution >= 0.6 is 0 Å². The van der Waals surface area contributed by atoms with Gasteiger partial charge in [0.05, 0.1) is 6.10 Å². The largest absolute Gasteiger partial charge is 0.368 e. The van der Waals surface area contributed by atoms with Gasteiger partial charge >= 0.3 is 0 Å². The van der Waals surface area contributed by atoms with Crippen molar-refractivity contribution in [3.05, 3.63) is 0 Å². The van der Waals surface area contributed by atoms with Gasteiger partial charge < -0.3 is 20.7 Å². The highest BCUT2D eigenvalue weighted by Gasteiger charge is 2.14. The lowest BCUT2D eigenvalue weighted by Gasteiger charge is -2.22. The van der Waals surface area contributed by atoms with Gasteiger partial charge in [0.15, 0.2) is 0 Å². The van der Waals surface area contributed by atoms with E-state index in [9.17, 15) is 9.59 Å². The first-order valence-electron chi connectivity index (χ1n) is 7.08. The Hall–Kier alpha value is -1.14. The zero-order chi connectivity index (χ0) is 13.9. The van der Waals surface area contributed by atoms with Crippen molar-refractivity contribution in [3.63, 3.8) is 0 Å². The number of amides is 2. The van der Waals surface area contributed by atoms with Crippen molar-refractivity contribution in [2.75, 3.05) is 32.8 Å². The summed E-state index contributed by atoms with van der Waals surface area (Å²) in [6, 6.07) is 0. The van der Waals surface area contributed by atoms with E-state index in [0.29, 0.717) is 19.5 Å². The predicted molar refractivity (Wildman–Crippen MR) is 72.8 cm³/mol. The van der Waals surface area contributed by atoms with E-state index in [1.807, 2.05) is 6.92 Å². The van der Waals surface area contributed by atoms with Gasteiger partial charge in [-0.2, -0.15) is 0 Å². The maximum absolute atomic E-state index is 11.5. The van der Waals surface area contributed by atoms with Crippen LogP contribution in [0.5, 0.6) is 0 Å². The maximum atomic E-state index is 11.5. The quantitative estimate of drug-likeness (QED) is 0.570. The Kier molecular flexibility index (Phi) is 8.16. The molecule has 19 heavy (non-hydrogen) atoms. The lowest BCUT2D eigenvalue weighted by atomic mass is 10.1. The fourth-order valence-electron chi connectivity index (χ4n) is 1.87. The second-order valence-electron chi connectivity index (χ2n) is 4.71. The molecule has 1 aliphatic rings. The van der Waals surface area contributed by atoms with Crippen molar-refractivity contribution in [1.29, 1.82) is 0 Å². The molecule has 0 saturated carbocycles. The van der Waals surface area contributed by atoms with Crippen LogP contribution in [0, 0.1) is 0 Å². The van der Waals surface area contributed by atoms with E-state index in [-0.39, 0.29) is 24.5 Å². The molecule has 0 aliphatic carbocycles. The molecule has 1 rings (SSSR count).